The number of nitrogens with one attached hydrogen (secondary N) is 3. The molecule has 5 saturated heterocycles. The maximum atomic E-state index is 15.1. The van der Waals surface area contributed by atoms with E-state index in [1.165, 1.54) is 18.9 Å². The van der Waals surface area contributed by atoms with E-state index in [0.29, 0.717) is 96.0 Å². The van der Waals surface area contributed by atoms with Crippen molar-refractivity contribution in [3.63, 3.8) is 0 Å². The number of benzene rings is 2. The topological polar surface area (TPSA) is 206 Å². The minimum absolute atomic E-state index is 0.0119. The Labute approximate surface area is 475 Å². The van der Waals surface area contributed by atoms with Gasteiger partial charge in [-0.3, -0.25) is 33.8 Å². The van der Waals surface area contributed by atoms with E-state index in [2.05, 4.69) is 47.2 Å². The molecule has 432 valence electrons. The molecule has 7 aliphatic rings. The first-order valence-corrected chi connectivity index (χ1v) is 30.0. The molecule has 0 spiro atoms. The van der Waals surface area contributed by atoms with Gasteiger partial charge in [0.15, 0.2) is 0 Å². The van der Waals surface area contributed by atoms with Gasteiger partial charge < -0.3 is 45.7 Å². The summed E-state index contributed by atoms with van der Waals surface area (Å²) in [5.74, 6) is 0.631. The SMILES string of the molecule is CC1CC1.NC1(C(=O)NC(CCN2CCN(C(=O)CN3CCC(OC4CCN(C(=O)C(NC(=O)c5cc(C6CN(C=O)C6)ccc5F)C5CCCCC5)CC4)CC3)CC2)c2ccc(Cl)cc2)CCN(c2ncnc3[nH]ccc23)CC1. The van der Waals surface area contributed by atoms with Crippen LogP contribution in [0.3, 0.4) is 0 Å². The summed E-state index contributed by atoms with van der Waals surface area (Å²) in [5.41, 5.74) is 8.33. The van der Waals surface area contributed by atoms with Gasteiger partial charge in [0.05, 0.1) is 41.3 Å². The molecule has 5 amide bonds. The molecule has 2 aromatic carbocycles. The van der Waals surface area contributed by atoms with Crippen molar-refractivity contribution in [2.24, 2.45) is 17.6 Å². The molecule has 80 heavy (non-hydrogen) atoms. The van der Waals surface area contributed by atoms with Crippen LogP contribution in [0.25, 0.3) is 11.0 Å². The lowest BCUT2D eigenvalue weighted by Gasteiger charge is -2.40. The third-order valence-corrected chi connectivity index (χ3v) is 18.4. The summed E-state index contributed by atoms with van der Waals surface area (Å²) in [6.07, 6.45) is 16.7. The molecule has 7 heterocycles. The number of carbonyl (C=O) groups excluding carboxylic acids is 5. The number of piperazine rings is 1. The van der Waals surface area contributed by atoms with Gasteiger partial charge in [-0.05, 0) is 111 Å². The van der Waals surface area contributed by atoms with Crippen molar-refractivity contribution in [3.8, 4) is 0 Å². The van der Waals surface area contributed by atoms with Crippen LogP contribution in [0, 0.1) is 17.7 Å². The Morgan fingerprint density at radius 3 is 2.15 bits per heavy atom. The van der Waals surface area contributed by atoms with Gasteiger partial charge in [0.2, 0.25) is 24.1 Å². The second kappa shape index (κ2) is 26.5. The van der Waals surface area contributed by atoms with Crippen LogP contribution in [-0.4, -0.2) is 185 Å². The van der Waals surface area contributed by atoms with Gasteiger partial charge in [-0.1, -0.05) is 68.8 Å². The quantitative estimate of drug-likeness (QED) is 0.0865. The summed E-state index contributed by atoms with van der Waals surface area (Å²) < 4.78 is 21.8. The zero-order valence-electron chi connectivity index (χ0n) is 46.6. The van der Waals surface area contributed by atoms with E-state index >= 15 is 4.39 Å². The molecule has 2 aliphatic carbocycles. The number of anilines is 1. The highest BCUT2D eigenvalue weighted by atomic mass is 35.5. The number of H-pyrrole nitrogens is 1. The molecular formula is C60H82ClFN12O6. The molecule has 5 aliphatic heterocycles. The zero-order chi connectivity index (χ0) is 55.8. The van der Waals surface area contributed by atoms with Crippen LogP contribution in [0.4, 0.5) is 10.2 Å². The normalized spacial score (nSPS) is 21.8. The number of piperidine rings is 3. The lowest BCUT2D eigenvalue weighted by molar-refractivity contribution is -0.140. The molecule has 2 saturated carbocycles. The van der Waals surface area contributed by atoms with Gasteiger partial charge in [-0.25, -0.2) is 14.4 Å². The molecule has 18 nitrogen and oxygen atoms in total. The van der Waals surface area contributed by atoms with Gasteiger partial charge in [-0.15, -0.1) is 0 Å². The lowest BCUT2D eigenvalue weighted by atomic mass is 9.83. The van der Waals surface area contributed by atoms with Gasteiger partial charge in [0, 0.05) is 102 Å². The average molecular weight is 1120 g/mol. The van der Waals surface area contributed by atoms with Gasteiger partial charge in [0.1, 0.15) is 29.7 Å². The van der Waals surface area contributed by atoms with Crippen molar-refractivity contribution < 1.29 is 33.1 Å². The summed E-state index contributed by atoms with van der Waals surface area (Å²) in [4.78, 5) is 90.9. The molecule has 2 aromatic heterocycles. The van der Waals surface area contributed by atoms with E-state index in [0.717, 1.165) is 118 Å². The van der Waals surface area contributed by atoms with Crippen LogP contribution in [0.5, 0.6) is 0 Å². The summed E-state index contributed by atoms with van der Waals surface area (Å²) in [6, 6.07) is 13.1. The second-order valence-electron chi connectivity index (χ2n) is 23.8. The molecule has 11 rings (SSSR count). The lowest BCUT2D eigenvalue weighted by Crippen LogP contribution is -2.60. The highest BCUT2D eigenvalue weighted by molar-refractivity contribution is 6.30. The maximum Gasteiger partial charge on any atom is 0.254 e. The summed E-state index contributed by atoms with van der Waals surface area (Å²) >= 11 is 6.28. The first-order valence-electron chi connectivity index (χ1n) is 29.6. The average Bonchev–Trinajstić information content (AvgIpc) is 4.14. The smallest absolute Gasteiger partial charge is 0.254 e. The molecule has 0 radical (unpaired) electrons. The first kappa shape index (κ1) is 57.5. The van der Waals surface area contributed by atoms with Crippen molar-refractivity contribution in [1.82, 2.24) is 50.1 Å². The van der Waals surface area contributed by atoms with Crippen molar-refractivity contribution in [1.29, 1.82) is 0 Å². The number of amides is 5. The molecule has 0 bridgehead atoms. The maximum absolute atomic E-state index is 15.1. The van der Waals surface area contributed by atoms with Gasteiger partial charge in [-0.2, -0.15) is 0 Å². The number of nitrogens with zero attached hydrogens (tertiary/aromatic N) is 8. The molecule has 7 fully saturated rings. The fraction of sp³-hybridized carbons (Fsp3) is 0.617. The number of nitrogens with two attached hydrogens (primary N) is 1. The first-order chi connectivity index (χ1) is 38.8. The van der Waals surface area contributed by atoms with Crippen LogP contribution in [0.1, 0.15) is 130 Å². The second-order valence-corrected chi connectivity index (χ2v) is 24.3. The van der Waals surface area contributed by atoms with Crippen LogP contribution >= 0.6 is 11.6 Å². The third-order valence-electron chi connectivity index (χ3n) is 18.1. The number of carbonyl (C=O) groups is 5. The summed E-state index contributed by atoms with van der Waals surface area (Å²) in [6.45, 7) is 11.0. The molecule has 2 atom stereocenters. The Balaban J connectivity index is 0.00000172. The van der Waals surface area contributed by atoms with Crippen molar-refractivity contribution in [3.05, 3.63) is 88.6 Å². The minimum atomic E-state index is -1.02. The predicted octanol–water partition coefficient (Wildman–Crippen LogP) is 6.26. The molecule has 20 heteroatoms. The Kier molecular flexibility index (Phi) is 19.0. The number of aromatic nitrogens is 3. The van der Waals surface area contributed by atoms with E-state index in [-0.39, 0.29) is 53.4 Å². The van der Waals surface area contributed by atoms with Crippen LogP contribution in [-0.2, 0) is 23.9 Å². The fourth-order valence-electron chi connectivity index (χ4n) is 12.5. The van der Waals surface area contributed by atoms with E-state index in [1.54, 1.807) is 23.4 Å². The third kappa shape index (κ3) is 14.5. The van der Waals surface area contributed by atoms with Gasteiger partial charge >= 0.3 is 0 Å². The predicted molar refractivity (Wildman–Crippen MR) is 305 cm³/mol. The monoisotopic (exact) mass is 1120 g/mol. The highest BCUT2D eigenvalue weighted by Gasteiger charge is 2.41. The Hall–Kier alpha value is -5.73. The van der Waals surface area contributed by atoms with Crippen molar-refractivity contribution in [2.45, 2.75) is 133 Å². The molecule has 5 N–H and O–H groups in total. The number of halogens is 2. The van der Waals surface area contributed by atoms with Crippen LogP contribution in [0.15, 0.2) is 61.1 Å². The van der Waals surface area contributed by atoms with E-state index in [4.69, 9.17) is 22.1 Å². The minimum Gasteiger partial charge on any atom is -0.375 e. The number of aromatic amines is 1. The Morgan fingerprint density at radius 1 is 0.812 bits per heavy atom. The van der Waals surface area contributed by atoms with Crippen molar-refractivity contribution in [2.75, 3.05) is 96.5 Å². The Morgan fingerprint density at radius 2 is 1.49 bits per heavy atom. The molecule has 2 unspecified atom stereocenters. The number of fused-ring (bicyclic) bond motifs is 1. The van der Waals surface area contributed by atoms with Crippen LogP contribution < -0.4 is 21.3 Å². The number of ether oxygens (including phenoxy) is 1. The highest BCUT2D eigenvalue weighted by Crippen LogP contribution is 2.33. The molecule has 4 aromatic rings. The Bertz CT molecular complexity index is 2740. The fourth-order valence-corrected chi connectivity index (χ4v) is 12.6. The van der Waals surface area contributed by atoms with Gasteiger partial charge in [0.25, 0.3) is 5.91 Å². The molecular weight excluding hydrogens is 1040 g/mol. The summed E-state index contributed by atoms with van der Waals surface area (Å²) in [7, 11) is 0. The van der Waals surface area contributed by atoms with E-state index in [9.17, 15) is 24.0 Å². The summed E-state index contributed by atoms with van der Waals surface area (Å²) in [5, 5.41) is 7.88. The largest absolute Gasteiger partial charge is 0.375 e. The number of rotatable bonds is 17. The number of likely N-dealkylation sites (tertiary alicyclic amines) is 3. The number of hydrogen-bond acceptors (Lipinski definition) is 12. The van der Waals surface area contributed by atoms with Crippen molar-refractivity contribution >= 4 is 58.5 Å². The van der Waals surface area contributed by atoms with Crippen LogP contribution in [0.2, 0.25) is 5.02 Å². The zero-order valence-corrected chi connectivity index (χ0v) is 47.3. The standard InChI is InChI=1S/C56H74ClFN12O6.C4H8/c57-42-9-6-38(7-10-42)48(63-55(75)56(59)18-26-69(27-19-56)52-45-12-20-60-51(45)61-36-62-52)17-23-65-28-30-68(31-29-65)49(72)35-66-21-13-43(14-22-66)76-44-15-24-70(25-16-44)54(74)50(39-4-2-1-3-5-39)64-53(73)46-32-40(8-11-47(46)58)41-33-67(34-41)37-71;1-4-2-3-4/h6-12,20,32,36-37,39,41,43-44,48,50H,1-5,13-19,21-31,33-35,59H2,(H,63,75)(H,64,73)(H,60,61,62);4H,2-3H2,1H3. The number of hydrogen-bond donors (Lipinski definition) is 4. The van der Waals surface area contributed by atoms with E-state index < -0.39 is 23.3 Å². The van der Waals surface area contributed by atoms with E-state index in [1.807, 2.05) is 46.3 Å².